The van der Waals surface area contributed by atoms with Crippen LogP contribution in [0.4, 0.5) is 0 Å². The zero-order valence-electron chi connectivity index (χ0n) is 13.1. The molecule has 23 heavy (non-hydrogen) atoms. The van der Waals surface area contributed by atoms with Crippen LogP contribution in [0, 0.1) is 13.8 Å². The first-order valence-corrected chi connectivity index (χ1v) is 7.24. The number of amides is 1. The van der Waals surface area contributed by atoms with Crippen molar-refractivity contribution in [2.24, 2.45) is 0 Å². The highest BCUT2D eigenvalue weighted by Crippen LogP contribution is 2.18. The number of carboxylic acids is 1. The largest absolute Gasteiger partial charge is 0.483 e. The Bertz CT molecular complexity index is 707. The van der Waals surface area contributed by atoms with Gasteiger partial charge in [-0.1, -0.05) is 24.3 Å². The van der Waals surface area contributed by atoms with Crippen molar-refractivity contribution in [3.05, 3.63) is 64.7 Å². The molecule has 0 aliphatic rings. The average molecular weight is 313 g/mol. The Morgan fingerprint density at radius 3 is 2.43 bits per heavy atom. The lowest BCUT2D eigenvalue weighted by molar-refractivity contribution is -0.123. The molecule has 2 N–H and O–H groups in total. The number of hydrogen-bond donors (Lipinski definition) is 2. The molecule has 0 aliphatic carbocycles. The summed E-state index contributed by atoms with van der Waals surface area (Å²) in [6.45, 7) is 4.16. The first kappa shape index (κ1) is 16.5. The zero-order valence-corrected chi connectivity index (χ0v) is 13.1. The highest BCUT2D eigenvalue weighted by Gasteiger charge is 2.06. The lowest BCUT2D eigenvalue weighted by Gasteiger charge is -2.10. The van der Waals surface area contributed by atoms with Gasteiger partial charge in [-0.2, -0.15) is 0 Å². The summed E-state index contributed by atoms with van der Waals surface area (Å²) >= 11 is 0. The van der Waals surface area contributed by atoms with E-state index in [1.165, 1.54) is 12.1 Å². The van der Waals surface area contributed by atoms with Crippen molar-refractivity contribution in [3.63, 3.8) is 0 Å². The van der Waals surface area contributed by atoms with E-state index in [0.717, 1.165) is 16.7 Å². The minimum atomic E-state index is -0.970. The summed E-state index contributed by atoms with van der Waals surface area (Å²) < 4.78 is 5.53. The smallest absolute Gasteiger partial charge is 0.335 e. The maximum absolute atomic E-state index is 11.8. The molecule has 0 saturated heterocycles. The molecule has 0 atom stereocenters. The Labute approximate surface area is 134 Å². The monoisotopic (exact) mass is 313 g/mol. The van der Waals surface area contributed by atoms with E-state index in [2.05, 4.69) is 5.32 Å². The van der Waals surface area contributed by atoms with E-state index in [-0.39, 0.29) is 18.1 Å². The Morgan fingerprint density at radius 1 is 1.09 bits per heavy atom. The number of carbonyl (C=O) groups excluding carboxylic acids is 1. The van der Waals surface area contributed by atoms with Gasteiger partial charge in [0, 0.05) is 6.54 Å². The number of hydrogen-bond acceptors (Lipinski definition) is 3. The van der Waals surface area contributed by atoms with Crippen LogP contribution in [0.25, 0.3) is 0 Å². The maximum Gasteiger partial charge on any atom is 0.335 e. The maximum atomic E-state index is 11.8. The van der Waals surface area contributed by atoms with E-state index in [0.29, 0.717) is 12.3 Å². The molecule has 5 heteroatoms. The number of carboxylic acid groups (broad SMARTS) is 1. The fraction of sp³-hybridized carbons (Fsp3) is 0.222. The molecule has 0 saturated carbocycles. The topological polar surface area (TPSA) is 75.6 Å². The van der Waals surface area contributed by atoms with E-state index in [1.54, 1.807) is 12.1 Å². The third kappa shape index (κ3) is 4.85. The number of aryl methyl sites for hydroxylation is 2. The van der Waals surface area contributed by atoms with Crippen molar-refractivity contribution in [3.8, 4) is 5.75 Å². The van der Waals surface area contributed by atoms with Gasteiger partial charge in [0.1, 0.15) is 5.75 Å². The summed E-state index contributed by atoms with van der Waals surface area (Å²) in [5.74, 6) is -0.498. The first-order chi connectivity index (χ1) is 11.0. The summed E-state index contributed by atoms with van der Waals surface area (Å²) in [6, 6.07) is 12.2. The molecule has 0 aromatic heterocycles. The minimum Gasteiger partial charge on any atom is -0.483 e. The van der Waals surface area contributed by atoms with E-state index in [9.17, 15) is 9.59 Å². The predicted molar refractivity (Wildman–Crippen MR) is 86.7 cm³/mol. The van der Waals surface area contributed by atoms with Crippen LogP contribution < -0.4 is 10.1 Å². The van der Waals surface area contributed by atoms with Crippen LogP contribution in [-0.2, 0) is 11.3 Å². The Morgan fingerprint density at radius 2 is 1.78 bits per heavy atom. The van der Waals surface area contributed by atoms with E-state index in [4.69, 9.17) is 9.84 Å². The molecule has 5 nitrogen and oxygen atoms in total. The van der Waals surface area contributed by atoms with Crippen molar-refractivity contribution >= 4 is 11.9 Å². The van der Waals surface area contributed by atoms with Crippen molar-refractivity contribution < 1.29 is 19.4 Å². The average Bonchev–Trinajstić information content (AvgIpc) is 2.54. The van der Waals surface area contributed by atoms with Crippen molar-refractivity contribution in [2.45, 2.75) is 20.4 Å². The Balaban J connectivity index is 1.83. The van der Waals surface area contributed by atoms with Gasteiger partial charge in [-0.25, -0.2) is 4.79 Å². The van der Waals surface area contributed by atoms with Crippen molar-refractivity contribution in [1.82, 2.24) is 5.32 Å². The van der Waals surface area contributed by atoms with Crippen LogP contribution in [0.15, 0.2) is 42.5 Å². The number of nitrogens with one attached hydrogen (secondary N) is 1. The fourth-order valence-corrected chi connectivity index (χ4v) is 2.02. The molecule has 2 aromatic carbocycles. The molecular weight excluding hydrogens is 294 g/mol. The highest BCUT2D eigenvalue weighted by molar-refractivity contribution is 5.87. The Hall–Kier alpha value is -2.82. The molecule has 2 rings (SSSR count). The number of rotatable bonds is 6. The standard InChI is InChI=1S/C18H19NO4/c1-12-3-4-13(2)16(9-12)23-11-17(20)19-10-14-5-7-15(8-6-14)18(21)22/h3-9H,10-11H2,1-2H3,(H,19,20)(H,21,22). The fourth-order valence-electron chi connectivity index (χ4n) is 2.02. The summed E-state index contributed by atoms with van der Waals surface area (Å²) in [5, 5.41) is 11.6. The predicted octanol–water partition coefficient (Wildman–Crippen LogP) is 2.70. The van der Waals surface area contributed by atoms with Gasteiger partial charge < -0.3 is 15.2 Å². The molecule has 0 aliphatic heterocycles. The third-order valence-electron chi connectivity index (χ3n) is 3.39. The van der Waals surface area contributed by atoms with E-state index >= 15 is 0 Å². The third-order valence-corrected chi connectivity index (χ3v) is 3.39. The quantitative estimate of drug-likeness (QED) is 0.860. The van der Waals surface area contributed by atoms with Crippen LogP contribution in [0.5, 0.6) is 5.75 Å². The number of carbonyl (C=O) groups is 2. The highest BCUT2D eigenvalue weighted by atomic mass is 16.5. The van der Waals surface area contributed by atoms with Gasteiger partial charge in [0.2, 0.25) is 0 Å². The van der Waals surface area contributed by atoms with E-state index < -0.39 is 5.97 Å². The number of aromatic carboxylic acids is 1. The summed E-state index contributed by atoms with van der Waals surface area (Å²) in [4.78, 5) is 22.6. The van der Waals surface area contributed by atoms with E-state index in [1.807, 2.05) is 32.0 Å². The van der Waals surface area contributed by atoms with Crippen molar-refractivity contribution in [1.29, 1.82) is 0 Å². The molecule has 0 heterocycles. The zero-order chi connectivity index (χ0) is 16.8. The lowest BCUT2D eigenvalue weighted by Crippen LogP contribution is -2.28. The van der Waals surface area contributed by atoms with Crippen LogP contribution in [-0.4, -0.2) is 23.6 Å². The second-order valence-corrected chi connectivity index (χ2v) is 5.34. The van der Waals surface area contributed by atoms with Crippen LogP contribution >= 0.6 is 0 Å². The SMILES string of the molecule is Cc1ccc(C)c(OCC(=O)NCc2ccc(C(=O)O)cc2)c1. The molecule has 0 bridgehead atoms. The van der Waals surface area contributed by atoms with Crippen molar-refractivity contribution in [2.75, 3.05) is 6.61 Å². The summed E-state index contributed by atoms with van der Waals surface area (Å²) in [7, 11) is 0. The van der Waals surface area contributed by atoms with Gasteiger partial charge in [0.25, 0.3) is 5.91 Å². The summed E-state index contributed by atoms with van der Waals surface area (Å²) in [6.07, 6.45) is 0. The number of ether oxygens (including phenoxy) is 1. The molecule has 0 spiro atoms. The van der Waals surface area contributed by atoms with Crippen LogP contribution in [0.3, 0.4) is 0 Å². The van der Waals surface area contributed by atoms with Gasteiger partial charge in [0.15, 0.2) is 6.61 Å². The molecule has 1 amide bonds. The number of benzene rings is 2. The molecule has 120 valence electrons. The molecule has 0 radical (unpaired) electrons. The van der Waals surface area contributed by atoms with Crippen LogP contribution in [0.1, 0.15) is 27.0 Å². The minimum absolute atomic E-state index is 0.0580. The second-order valence-electron chi connectivity index (χ2n) is 5.34. The Kier molecular flexibility index (Phi) is 5.36. The first-order valence-electron chi connectivity index (χ1n) is 7.24. The lowest BCUT2D eigenvalue weighted by atomic mass is 10.1. The van der Waals surface area contributed by atoms with Crippen LogP contribution in [0.2, 0.25) is 0 Å². The molecule has 0 fully saturated rings. The van der Waals surface area contributed by atoms with Gasteiger partial charge >= 0.3 is 5.97 Å². The van der Waals surface area contributed by atoms with Gasteiger partial charge in [-0.15, -0.1) is 0 Å². The summed E-state index contributed by atoms with van der Waals surface area (Å²) in [5.41, 5.74) is 3.10. The normalized spacial score (nSPS) is 10.2. The van der Waals surface area contributed by atoms with Gasteiger partial charge in [-0.05, 0) is 48.7 Å². The second kappa shape index (κ2) is 7.45. The molecule has 0 unspecified atom stereocenters. The van der Waals surface area contributed by atoms with Gasteiger partial charge in [0.05, 0.1) is 5.56 Å². The molecule has 2 aromatic rings. The molecular formula is C18H19NO4. The van der Waals surface area contributed by atoms with Gasteiger partial charge in [-0.3, -0.25) is 4.79 Å².